The van der Waals surface area contributed by atoms with Gasteiger partial charge >= 0.3 is 0 Å². The molecule has 0 saturated carbocycles. The number of thiophene rings is 2. The van der Waals surface area contributed by atoms with Crippen LogP contribution in [0.5, 0.6) is 0 Å². The van der Waals surface area contributed by atoms with Gasteiger partial charge in [-0.3, -0.25) is 4.79 Å². The summed E-state index contributed by atoms with van der Waals surface area (Å²) in [6.07, 6.45) is 0. The average molecular weight is 543 g/mol. The van der Waals surface area contributed by atoms with Gasteiger partial charge in [0.2, 0.25) is 0 Å². The van der Waals surface area contributed by atoms with Crippen LogP contribution in [0.1, 0.15) is 25.0 Å². The number of Topliss-reactive ketones (excluding diaryl/α,β-unsaturated/α-hetero) is 1. The third kappa shape index (κ3) is 3.86. The molecule has 0 radical (unpaired) electrons. The minimum atomic E-state index is -2.44. The number of hydrogen-bond donors (Lipinski definition) is 2. The lowest BCUT2D eigenvalue weighted by Crippen LogP contribution is -2.52. The zero-order valence-electron chi connectivity index (χ0n) is 20.9. The zero-order valence-corrected chi connectivity index (χ0v) is 22.6. The van der Waals surface area contributed by atoms with Gasteiger partial charge in [0.15, 0.2) is 0 Å². The van der Waals surface area contributed by atoms with Gasteiger partial charge in [0.1, 0.15) is 0 Å². The number of fused-ring (bicyclic) bond motifs is 6. The van der Waals surface area contributed by atoms with Crippen molar-refractivity contribution in [2.75, 3.05) is 13.2 Å². The highest BCUT2D eigenvalue weighted by Crippen LogP contribution is 2.41. The number of carbonyl (C=O) groups excluding carboxylic acids is 1. The number of ketones is 1. The summed E-state index contributed by atoms with van der Waals surface area (Å²) >= 11 is 3.27. The van der Waals surface area contributed by atoms with E-state index in [1.54, 1.807) is 60.8 Å². The van der Waals surface area contributed by atoms with Crippen LogP contribution in [0.2, 0.25) is 0 Å². The quantitative estimate of drug-likeness (QED) is 0.202. The van der Waals surface area contributed by atoms with Gasteiger partial charge in [-0.1, -0.05) is 48.5 Å². The zero-order chi connectivity index (χ0) is 26.5. The second-order valence-electron chi connectivity index (χ2n) is 9.10. The SMILES string of the molecule is CCOC(O)(C(=O)C(O)(OCC)c1ccc2sc3ccccc3c2c1)c1ccc2sc3ccccc3c2c1. The normalized spacial score (nSPS) is 15.3. The van der Waals surface area contributed by atoms with Crippen LogP contribution in [0.15, 0.2) is 84.9 Å². The van der Waals surface area contributed by atoms with Crippen LogP contribution in [0.25, 0.3) is 40.3 Å². The van der Waals surface area contributed by atoms with Crippen molar-refractivity contribution in [1.29, 1.82) is 0 Å². The summed E-state index contributed by atoms with van der Waals surface area (Å²) in [6, 6.07) is 26.6. The lowest BCUT2D eigenvalue weighted by atomic mass is 9.89. The van der Waals surface area contributed by atoms with Crippen LogP contribution in [0.4, 0.5) is 0 Å². The molecule has 0 fully saturated rings. The molecule has 0 aliphatic carbocycles. The van der Waals surface area contributed by atoms with Crippen LogP contribution >= 0.6 is 22.7 Å². The summed E-state index contributed by atoms with van der Waals surface area (Å²) in [5, 5.41) is 27.6. The van der Waals surface area contributed by atoms with Gasteiger partial charge < -0.3 is 19.7 Å². The molecule has 2 heterocycles. The van der Waals surface area contributed by atoms with Gasteiger partial charge in [0.25, 0.3) is 17.4 Å². The first-order valence-electron chi connectivity index (χ1n) is 12.5. The van der Waals surface area contributed by atoms with E-state index in [1.165, 1.54) is 0 Å². The van der Waals surface area contributed by atoms with E-state index in [4.69, 9.17) is 9.47 Å². The van der Waals surface area contributed by atoms with Crippen LogP contribution in [-0.4, -0.2) is 29.2 Å². The molecule has 0 bridgehead atoms. The van der Waals surface area contributed by atoms with E-state index in [-0.39, 0.29) is 24.3 Å². The van der Waals surface area contributed by atoms with E-state index < -0.39 is 17.4 Å². The Labute approximate surface area is 227 Å². The van der Waals surface area contributed by atoms with Gasteiger partial charge in [0, 0.05) is 64.7 Å². The average Bonchev–Trinajstić information content (AvgIpc) is 3.50. The molecule has 192 valence electrons. The van der Waals surface area contributed by atoms with E-state index in [0.29, 0.717) is 0 Å². The standard InChI is InChI=1S/C31H26O5S2/c1-3-35-30(33,19-13-15-27-23(17-19)21-9-5-7-11-25(21)37-27)29(32)31(34,36-4-2)20-14-16-28-24(18-20)22-10-6-8-12-26(22)38-28/h5-18,33-34H,3-4H2,1-2H3. The monoisotopic (exact) mass is 542 g/mol. The Morgan fingerprint density at radius 2 is 1.03 bits per heavy atom. The largest absolute Gasteiger partial charge is 0.356 e. The summed E-state index contributed by atoms with van der Waals surface area (Å²) in [7, 11) is 0. The molecule has 4 aromatic carbocycles. The molecule has 5 nitrogen and oxygen atoms in total. The predicted octanol–water partition coefficient (Wildman–Crippen LogP) is 7.05. The van der Waals surface area contributed by atoms with Crippen molar-refractivity contribution in [3.8, 4) is 0 Å². The topological polar surface area (TPSA) is 76.0 Å². The number of ether oxygens (including phenoxy) is 2. The van der Waals surface area contributed by atoms with Crippen LogP contribution < -0.4 is 0 Å². The van der Waals surface area contributed by atoms with Crippen molar-refractivity contribution in [1.82, 2.24) is 0 Å². The minimum absolute atomic E-state index is 0.0427. The molecule has 6 aromatic rings. The molecule has 2 aromatic heterocycles. The van der Waals surface area contributed by atoms with Crippen molar-refractivity contribution in [2.45, 2.75) is 25.4 Å². The Kier molecular flexibility index (Phi) is 6.31. The lowest BCUT2D eigenvalue weighted by molar-refractivity contribution is -0.262. The van der Waals surface area contributed by atoms with Gasteiger partial charge in [-0.15, -0.1) is 22.7 Å². The maximum atomic E-state index is 14.2. The first-order valence-corrected chi connectivity index (χ1v) is 14.1. The second-order valence-corrected chi connectivity index (χ2v) is 11.3. The predicted molar refractivity (Wildman–Crippen MR) is 155 cm³/mol. The van der Waals surface area contributed by atoms with Gasteiger partial charge in [-0.05, 0) is 50.2 Å². The highest BCUT2D eigenvalue weighted by atomic mass is 32.1. The molecule has 0 aliphatic rings. The maximum absolute atomic E-state index is 14.2. The van der Waals surface area contributed by atoms with Crippen LogP contribution in [-0.2, 0) is 25.8 Å². The van der Waals surface area contributed by atoms with Crippen molar-refractivity contribution in [2.24, 2.45) is 0 Å². The number of carbonyl (C=O) groups is 1. The van der Waals surface area contributed by atoms with Crippen LogP contribution in [0, 0.1) is 0 Å². The van der Waals surface area contributed by atoms with E-state index in [1.807, 2.05) is 60.7 Å². The van der Waals surface area contributed by atoms with Gasteiger partial charge in [0.05, 0.1) is 0 Å². The van der Waals surface area contributed by atoms with E-state index in [2.05, 4.69) is 0 Å². The number of hydrogen-bond acceptors (Lipinski definition) is 7. The highest BCUT2D eigenvalue weighted by Gasteiger charge is 2.53. The molecule has 2 N–H and O–H groups in total. The first kappa shape index (κ1) is 25.1. The molecule has 0 aliphatic heterocycles. The first-order chi connectivity index (χ1) is 18.4. The smallest absolute Gasteiger partial charge is 0.260 e. The molecule has 0 amide bonds. The molecule has 7 heteroatoms. The van der Waals surface area contributed by atoms with Gasteiger partial charge in [-0.2, -0.15) is 0 Å². The maximum Gasteiger partial charge on any atom is 0.260 e. The Balaban J connectivity index is 1.51. The Morgan fingerprint density at radius 3 is 1.45 bits per heavy atom. The third-order valence-electron chi connectivity index (χ3n) is 6.86. The molecule has 2 atom stereocenters. The molecule has 6 rings (SSSR count). The summed E-state index contributed by atoms with van der Waals surface area (Å²) in [4.78, 5) is 14.2. The molecule has 2 unspecified atom stereocenters. The van der Waals surface area contributed by atoms with Crippen molar-refractivity contribution >= 4 is 68.8 Å². The fraction of sp³-hybridized carbons (Fsp3) is 0.194. The third-order valence-corrected chi connectivity index (χ3v) is 9.16. The summed E-state index contributed by atoms with van der Waals surface area (Å²) < 4.78 is 15.7. The van der Waals surface area contributed by atoms with Crippen molar-refractivity contribution in [3.63, 3.8) is 0 Å². The van der Waals surface area contributed by atoms with Crippen LogP contribution in [0.3, 0.4) is 0 Å². The minimum Gasteiger partial charge on any atom is -0.356 e. The van der Waals surface area contributed by atoms with Crippen molar-refractivity contribution in [3.05, 3.63) is 96.1 Å². The molecular formula is C31H26O5S2. The van der Waals surface area contributed by atoms with E-state index in [0.717, 1.165) is 40.3 Å². The number of rotatable bonds is 8. The van der Waals surface area contributed by atoms with Gasteiger partial charge in [-0.25, -0.2) is 0 Å². The number of benzene rings is 4. The fourth-order valence-electron chi connectivity index (χ4n) is 5.08. The summed E-state index contributed by atoms with van der Waals surface area (Å²) in [6.45, 7) is 3.47. The van der Waals surface area contributed by atoms with E-state index in [9.17, 15) is 15.0 Å². The fourth-order valence-corrected chi connectivity index (χ4v) is 7.25. The highest BCUT2D eigenvalue weighted by molar-refractivity contribution is 7.26. The number of aliphatic hydroxyl groups is 2. The summed E-state index contributed by atoms with van der Waals surface area (Å²) in [5.41, 5.74) is 0.473. The van der Waals surface area contributed by atoms with E-state index >= 15 is 0 Å². The Morgan fingerprint density at radius 1 is 0.632 bits per heavy atom. The Bertz CT molecular complexity index is 1690. The molecule has 0 saturated heterocycles. The second kappa shape index (κ2) is 9.54. The molecule has 0 spiro atoms. The Hall–Kier alpha value is -3.17. The van der Waals surface area contributed by atoms with Crippen molar-refractivity contribution < 1.29 is 24.5 Å². The lowest BCUT2D eigenvalue weighted by Gasteiger charge is -2.35. The summed E-state index contributed by atoms with van der Waals surface area (Å²) in [5.74, 6) is -5.88. The molecular weight excluding hydrogens is 516 g/mol. The molecule has 38 heavy (non-hydrogen) atoms.